The number of alkyl halides is 3. The molecule has 0 spiro atoms. The summed E-state index contributed by atoms with van der Waals surface area (Å²) < 4.78 is 75.9. The molecular formula is C20H30F3N5O4S. The van der Waals surface area contributed by atoms with Crippen LogP contribution in [-0.2, 0) is 14.9 Å². The molecular weight excluding hydrogens is 463 g/mol. The van der Waals surface area contributed by atoms with Crippen LogP contribution in [0.15, 0.2) is 16.9 Å². The number of halogens is 3. The number of anilines is 2. The van der Waals surface area contributed by atoms with Crippen LogP contribution in [0.5, 0.6) is 0 Å². The second kappa shape index (κ2) is 9.43. The number of nitrogens with zero attached hydrogens (tertiary/aromatic N) is 4. The van der Waals surface area contributed by atoms with Gasteiger partial charge in [-0.3, -0.25) is 4.79 Å². The molecule has 2 unspecified atom stereocenters. The number of nitrogens with one attached hydrogen (secondary N) is 1. The Hall–Kier alpha value is -1.83. The van der Waals surface area contributed by atoms with E-state index in [-0.39, 0.29) is 24.9 Å². The van der Waals surface area contributed by atoms with Gasteiger partial charge in [-0.2, -0.15) is 30.2 Å². The first kappa shape index (κ1) is 24.3. The molecule has 1 aromatic heterocycles. The van der Waals surface area contributed by atoms with Gasteiger partial charge in [-0.05, 0) is 19.8 Å². The second-order valence-corrected chi connectivity index (χ2v) is 10.7. The lowest BCUT2D eigenvalue weighted by molar-refractivity contribution is -0.153. The predicted octanol–water partition coefficient (Wildman–Crippen LogP) is 1.38. The Morgan fingerprint density at radius 2 is 1.73 bits per heavy atom. The summed E-state index contributed by atoms with van der Waals surface area (Å²) in [4.78, 5) is 17.9. The molecule has 0 aliphatic carbocycles. The molecule has 0 amide bonds. The van der Waals surface area contributed by atoms with E-state index in [1.54, 1.807) is 0 Å². The number of hydrogen-bond acceptors (Lipinski definition) is 6. The molecule has 4 heterocycles. The van der Waals surface area contributed by atoms with Crippen molar-refractivity contribution in [2.75, 3.05) is 62.3 Å². The number of H-pyrrole nitrogens is 1. The van der Waals surface area contributed by atoms with Crippen molar-refractivity contribution in [3.63, 3.8) is 0 Å². The Morgan fingerprint density at radius 3 is 2.39 bits per heavy atom. The predicted molar refractivity (Wildman–Crippen MR) is 118 cm³/mol. The minimum Gasteiger partial charge on any atom is -0.377 e. The zero-order chi connectivity index (χ0) is 23.8. The molecule has 0 bridgehead atoms. The summed E-state index contributed by atoms with van der Waals surface area (Å²) in [6, 6.07) is 0.805. The van der Waals surface area contributed by atoms with Crippen LogP contribution in [-0.4, -0.2) is 92.8 Å². The summed E-state index contributed by atoms with van der Waals surface area (Å²) in [7, 11) is -3.98. The van der Waals surface area contributed by atoms with Crippen molar-refractivity contribution in [1.29, 1.82) is 0 Å². The smallest absolute Gasteiger partial charge is 0.377 e. The normalized spacial score (nSPS) is 26.5. The van der Waals surface area contributed by atoms with Crippen molar-refractivity contribution in [2.45, 2.75) is 44.4 Å². The maximum atomic E-state index is 14.1. The summed E-state index contributed by atoms with van der Waals surface area (Å²) in [6.45, 7) is 3.02. The van der Waals surface area contributed by atoms with Gasteiger partial charge in [0.15, 0.2) is 0 Å². The quantitative estimate of drug-likeness (QED) is 0.682. The van der Waals surface area contributed by atoms with E-state index in [4.69, 9.17) is 4.74 Å². The first-order chi connectivity index (χ1) is 15.6. The minimum atomic E-state index is -4.69. The number of aromatic amines is 1. The van der Waals surface area contributed by atoms with Crippen molar-refractivity contribution in [2.24, 2.45) is 0 Å². The zero-order valence-electron chi connectivity index (χ0n) is 18.6. The molecule has 1 aromatic rings. The molecule has 2 atom stereocenters. The molecule has 9 nitrogen and oxygen atoms in total. The second-order valence-electron chi connectivity index (χ2n) is 8.78. The van der Waals surface area contributed by atoms with Crippen molar-refractivity contribution < 1.29 is 26.3 Å². The van der Waals surface area contributed by atoms with Gasteiger partial charge in [-0.1, -0.05) is 6.42 Å². The molecule has 186 valence electrons. The number of ether oxygens (including phenoxy) is 1. The molecule has 1 N–H and O–H groups in total. The topological polar surface area (TPSA) is 89.2 Å². The van der Waals surface area contributed by atoms with Crippen LogP contribution < -0.4 is 15.4 Å². The molecule has 3 aliphatic rings. The highest BCUT2D eigenvalue weighted by molar-refractivity contribution is 7.86. The zero-order valence-corrected chi connectivity index (χ0v) is 19.4. The van der Waals surface area contributed by atoms with E-state index < -0.39 is 34.5 Å². The van der Waals surface area contributed by atoms with Gasteiger partial charge in [0.25, 0.3) is 15.8 Å². The largest absolute Gasteiger partial charge is 0.410 e. The van der Waals surface area contributed by atoms with Crippen LogP contribution in [0.1, 0.15) is 26.2 Å². The fraction of sp³-hybridized carbons (Fsp3) is 0.750. The lowest BCUT2D eigenvalue weighted by Gasteiger charge is -2.44. The Labute approximate surface area is 191 Å². The maximum absolute atomic E-state index is 14.1. The number of rotatable bonds is 4. The fourth-order valence-electron chi connectivity index (χ4n) is 4.74. The lowest BCUT2D eigenvalue weighted by Crippen LogP contribution is -2.62. The van der Waals surface area contributed by atoms with Gasteiger partial charge in [0.1, 0.15) is 11.9 Å². The van der Waals surface area contributed by atoms with Crippen LogP contribution in [0.3, 0.4) is 0 Å². The number of aromatic nitrogens is 1. The van der Waals surface area contributed by atoms with Crippen LogP contribution in [0.4, 0.5) is 24.7 Å². The minimum absolute atomic E-state index is 0.0293. The Balaban J connectivity index is 1.61. The summed E-state index contributed by atoms with van der Waals surface area (Å²) >= 11 is 0. The molecule has 3 aliphatic heterocycles. The highest BCUT2D eigenvalue weighted by atomic mass is 32.2. The van der Waals surface area contributed by atoms with Gasteiger partial charge in [-0.15, -0.1) is 0 Å². The van der Waals surface area contributed by atoms with Crippen LogP contribution in [0.2, 0.25) is 0 Å². The highest BCUT2D eigenvalue weighted by Crippen LogP contribution is 2.33. The number of hydrogen-bond donors (Lipinski definition) is 1. The van der Waals surface area contributed by atoms with Gasteiger partial charge in [0, 0.05) is 63.1 Å². The van der Waals surface area contributed by atoms with Gasteiger partial charge >= 0.3 is 6.18 Å². The van der Waals surface area contributed by atoms with Gasteiger partial charge < -0.3 is 19.5 Å². The van der Waals surface area contributed by atoms with E-state index in [2.05, 4.69) is 4.98 Å². The fourth-order valence-corrected chi connectivity index (χ4v) is 6.43. The first-order valence-corrected chi connectivity index (χ1v) is 12.6. The van der Waals surface area contributed by atoms with Gasteiger partial charge in [0.05, 0.1) is 13.2 Å². The van der Waals surface area contributed by atoms with Gasteiger partial charge in [0.2, 0.25) is 0 Å². The molecule has 33 heavy (non-hydrogen) atoms. The van der Waals surface area contributed by atoms with Crippen LogP contribution in [0.25, 0.3) is 0 Å². The maximum Gasteiger partial charge on any atom is 0.410 e. The highest BCUT2D eigenvalue weighted by Gasteiger charge is 2.49. The summed E-state index contributed by atoms with van der Waals surface area (Å²) in [5.41, 5.74) is 0.0133. The molecule has 0 saturated carbocycles. The van der Waals surface area contributed by atoms with E-state index in [0.717, 1.165) is 15.6 Å². The molecule has 4 rings (SSSR count). The molecule has 3 saturated heterocycles. The lowest BCUT2D eigenvalue weighted by atomic mass is 10.1. The summed E-state index contributed by atoms with van der Waals surface area (Å²) in [6.07, 6.45) is -2.36. The molecule has 13 heteroatoms. The Kier molecular flexibility index (Phi) is 6.95. The standard InChI is InChI=1S/C20H30F3N5O4S/c1-15-14-32-10-9-27(15)16-11-18(24-19(29)12-16)28-8-7-26(13-17(28)20(21,22)23)33(30,31)25-5-3-2-4-6-25/h11-12,15,17H,2-10,13-14H2,1H3,(H,24,29). The SMILES string of the molecule is CC1COCCN1c1cc(N2CCN(S(=O)(=O)N3CCCCC3)CC2C(F)(F)F)[nH]c(=O)c1. The van der Waals surface area contributed by atoms with E-state index >= 15 is 0 Å². The third-order valence-corrected chi connectivity index (χ3v) is 8.51. The van der Waals surface area contributed by atoms with E-state index in [1.807, 2.05) is 11.8 Å². The van der Waals surface area contributed by atoms with E-state index in [0.29, 0.717) is 51.4 Å². The molecule has 0 aromatic carbocycles. The van der Waals surface area contributed by atoms with E-state index in [9.17, 15) is 26.4 Å². The number of morpholine rings is 1. The number of pyridine rings is 1. The van der Waals surface area contributed by atoms with Crippen molar-refractivity contribution in [3.05, 3.63) is 22.5 Å². The van der Waals surface area contributed by atoms with E-state index in [1.165, 1.54) is 16.4 Å². The van der Waals surface area contributed by atoms with Crippen LogP contribution >= 0.6 is 0 Å². The third-order valence-electron chi connectivity index (χ3n) is 6.51. The van der Waals surface area contributed by atoms with Crippen molar-refractivity contribution >= 4 is 21.7 Å². The van der Waals surface area contributed by atoms with Crippen molar-refractivity contribution in [1.82, 2.24) is 13.6 Å². The summed E-state index contributed by atoms with van der Waals surface area (Å²) in [5.74, 6) is 0.0357. The Morgan fingerprint density at radius 1 is 1.00 bits per heavy atom. The molecule has 3 fully saturated rings. The first-order valence-electron chi connectivity index (χ1n) is 11.2. The average molecular weight is 494 g/mol. The van der Waals surface area contributed by atoms with Crippen LogP contribution in [0, 0.1) is 0 Å². The molecule has 0 radical (unpaired) electrons. The Bertz CT molecular complexity index is 996. The average Bonchev–Trinajstić information content (AvgIpc) is 2.78. The third kappa shape index (κ3) is 5.15. The number of piperidine rings is 1. The van der Waals surface area contributed by atoms with Crippen molar-refractivity contribution in [3.8, 4) is 0 Å². The number of piperazine rings is 1. The summed E-state index contributed by atoms with van der Waals surface area (Å²) in [5, 5.41) is 0. The monoisotopic (exact) mass is 493 g/mol. The van der Waals surface area contributed by atoms with Gasteiger partial charge in [-0.25, -0.2) is 0 Å².